The van der Waals surface area contributed by atoms with E-state index >= 15 is 0 Å². The Morgan fingerprint density at radius 1 is 1.04 bits per heavy atom. The SMILES string of the molecule is Cc1c(C(=O)NCC(C)C)c(-c2ccccc2)nn1-c1ccccc1. The normalized spacial score (nSPS) is 10.9. The van der Waals surface area contributed by atoms with Crippen LogP contribution in [0.4, 0.5) is 0 Å². The van der Waals surface area contributed by atoms with E-state index in [2.05, 4.69) is 19.2 Å². The molecule has 0 aliphatic heterocycles. The molecule has 0 aliphatic carbocycles. The van der Waals surface area contributed by atoms with Crippen LogP contribution in [0.1, 0.15) is 29.9 Å². The Morgan fingerprint density at radius 3 is 2.24 bits per heavy atom. The van der Waals surface area contributed by atoms with Gasteiger partial charge in [-0.3, -0.25) is 4.79 Å². The zero-order valence-corrected chi connectivity index (χ0v) is 14.9. The zero-order valence-electron chi connectivity index (χ0n) is 14.9. The monoisotopic (exact) mass is 333 g/mol. The summed E-state index contributed by atoms with van der Waals surface area (Å²) in [6.45, 7) is 6.75. The summed E-state index contributed by atoms with van der Waals surface area (Å²) in [5.41, 5.74) is 4.07. The number of carbonyl (C=O) groups excluding carboxylic acids is 1. The van der Waals surface area contributed by atoms with Crippen molar-refractivity contribution in [1.82, 2.24) is 15.1 Å². The second-order valence-electron chi connectivity index (χ2n) is 6.53. The number of carbonyl (C=O) groups is 1. The molecule has 1 N–H and O–H groups in total. The molecule has 0 saturated carbocycles. The van der Waals surface area contributed by atoms with Crippen molar-refractivity contribution in [2.75, 3.05) is 6.54 Å². The van der Waals surface area contributed by atoms with Crippen molar-refractivity contribution in [2.24, 2.45) is 5.92 Å². The van der Waals surface area contributed by atoms with E-state index in [4.69, 9.17) is 5.10 Å². The van der Waals surface area contributed by atoms with E-state index < -0.39 is 0 Å². The van der Waals surface area contributed by atoms with Crippen LogP contribution >= 0.6 is 0 Å². The summed E-state index contributed by atoms with van der Waals surface area (Å²) in [4.78, 5) is 12.8. The molecule has 0 saturated heterocycles. The third-order valence-corrected chi connectivity index (χ3v) is 4.06. The van der Waals surface area contributed by atoms with Gasteiger partial charge in [-0.15, -0.1) is 0 Å². The minimum atomic E-state index is -0.0766. The van der Waals surface area contributed by atoms with Gasteiger partial charge in [0.2, 0.25) is 0 Å². The van der Waals surface area contributed by atoms with E-state index in [1.807, 2.05) is 72.3 Å². The fraction of sp³-hybridized carbons (Fsp3) is 0.238. The topological polar surface area (TPSA) is 46.9 Å². The van der Waals surface area contributed by atoms with Crippen LogP contribution in [0, 0.1) is 12.8 Å². The maximum Gasteiger partial charge on any atom is 0.255 e. The van der Waals surface area contributed by atoms with Crippen LogP contribution in [0.15, 0.2) is 60.7 Å². The molecule has 128 valence electrons. The molecule has 25 heavy (non-hydrogen) atoms. The standard InChI is InChI=1S/C21H23N3O/c1-15(2)14-22-21(25)19-16(3)24(18-12-8-5-9-13-18)23-20(19)17-10-6-4-7-11-17/h4-13,15H,14H2,1-3H3,(H,22,25). The third kappa shape index (κ3) is 3.63. The van der Waals surface area contributed by atoms with Gasteiger partial charge in [-0.05, 0) is 25.0 Å². The summed E-state index contributed by atoms with van der Waals surface area (Å²) < 4.78 is 1.84. The summed E-state index contributed by atoms with van der Waals surface area (Å²) in [5.74, 6) is 0.320. The summed E-state index contributed by atoms with van der Waals surface area (Å²) >= 11 is 0. The predicted octanol–water partition coefficient (Wildman–Crippen LogP) is 4.23. The molecule has 0 aliphatic rings. The Labute approximate surface area is 148 Å². The van der Waals surface area contributed by atoms with Gasteiger partial charge in [0.25, 0.3) is 5.91 Å². The van der Waals surface area contributed by atoms with E-state index in [9.17, 15) is 4.79 Å². The minimum Gasteiger partial charge on any atom is -0.352 e. The Balaban J connectivity index is 2.11. The molecular formula is C21H23N3O. The summed E-state index contributed by atoms with van der Waals surface area (Å²) in [5, 5.41) is 7.78. The van der Waals surface area contributed by atoms with Crippen molar-refractivity contribution in [1.29, 1.82) is 0 Å². The van der Waals surface area contributed by atoms with Gasteiger partial charge in [-0.25, -0.2) is 4.68 Å². The molecule has 0 spiro atoms. The molecule has 1 aromatic heterocycles. The number of hydrogen-bond donors (Lipinski definition) is 1. The molecule has 2 aromatic carbocycles. The van der Waals surface area contributed by atoms with Crippen LogP contribution in [0.5, 0.6) is 0 Å². The highest BCUT2D eigenvalue weighted by Crippen LogP contribution is 2.27. The summed E-state index contributed by atoms with van der Waals surface area (Å²) in [6.07, 6.45) is 0. The summed E-state index contributed by atoms with van der Waals surface area (Å²) in [6, 6.07) is 19.7. The zero-order chi connectivity index (χ0) is 17.8. The van der Waals surface area contributed by atoms with Crippen LogP contribution < -0.4 is 5.32 Å². The van der Waals surface area contributed by atoms with Crippen LogP contribution in [-0.4, -0.2) is 22.2 Å². The number of nitrogens with one attached hydrogen (secondary N) is 1. The second kappa shape index (κ2) is 7.34. The lowest BCUT2D eigenvalue weighted by atomic mass is 10.1. The van der Waals surface area contributed by atoms with Crippen molar-refractivity contribution in [3.05, 3.63) is 71.9 Å². The van der Waals surface area contributed by atoms with Gasteiger partial charge in [0.1, 0.15) is 5.69 Å². The van der Waals surface area contributed by atoms with E-state index in [1.54, 1.807) is 0 Å². The lowest BCUT2D eigenvalue weighted by molar-refractivity contribution is 0.0949. The summed E-state index contributed by atoms with van der Waals surface area (Å²) in [7, 11) is 0. The van der Waals surface area contributed by atoms with Gasteiger partial charge in [-0.1, -0.05) is 62.4 Å². The first-order chi connectivity index (χ1) is 12.1. The van der Waals surface area contributed by atoms with E-state index in [-0.39, 0.29) is 5.91 Å². The number of amides is 1. The lowest BCUT2D eigenvalue weighted by Gasteiger charge is -2.09. The lowest BCUT2D eigenvalue weighted by Crippen LogP contribution is -2.28. The van der Waals surface area contributed by atoms with Crippen molar-refractivity contribution >= 4 is 5.91 Å². The van der Waals surface area contributed by atoms with Crippen LogP contribution in [0.3, 0.4) is 0 Å². The fourth-order valence-electron chi connectivity index (χ4n) is 2.78. The Bertz CT molecular complexity index is 852. The predicted molar refractivity (Wildman–Crippen MR) is 101 cm³/mol. The molecule has 3 rings (SSSR count). The quantitative estimate of drug-likeness (QED) is 0.759. The highest BCUT2D eigenvalue weighted by Gasteiger charge is 2.22. The second-order valence-corrected chi connectivity index (χ2v) is 6.53. The molecule has 0 fully saturated rings. The molecule has 1 amide bonds. The van der Waals surface area contributed by atoms with Gasteiger partial charge in [0, 0.05) is 12.1 Å². The van der Waals surface area contributed by atoms with Gasteiger partial charge in [0.15, 0.2) is 0 Å². The fourth-order valence-corrected chi connectivity index (χ4v) is 2.78. The average molecular weight is 333 g/mol. The molecule has 0 bridgehead atoms. The van der Waals surface area contributed by atoms with Crippen molar-refractivity contribution in [3.8, 4) is 16.9 Å². The number of hydrogen-bond acceptors (Lipinski definition) is 2. The molecule has 3 aromatic rings. The van der Waals surface area contributed by atoms with Crippen molar-refractivity contribution < 1.29 is 4.79 Å². The first kappa shape index (κ1) is 17.0. The maximum absolute atomic E-state index is 12.8. The van der Waals surface area contributed by atoms with Crippen LogP contribution in [0.25, 0.3) is 16.9 Å². The first-order valence-electron chi connectivity index (χ1n) is 8.56. The van der Waals surface area contributed by atoms with Crippen molar-refractivity contribution in [3.63, 3.8) is 0 Å². The highest BCUT2D eigenvalue weighted by atomic mass is 16.1. The molecule has 4 heteroatoms. The third-order valence-electron chi connectivity index (χ3n) is 4.06. The molecule has 4 nitrogen and oxygen atoms in total. The van der Waals surface area contributed by atoms with Crippen molar-refractivity contribution in [2.45, 2.75) is 20.8 Å². The highest BCUT2D eigenvalue weighted by molar-refractivity contribution is 6.01. The molecule has 0 radical (unpaired) electrons. The number of para-hydroxylation sites is 1. The largest absolute Gasteiger partial charge is 0.352 e. The average Bonchev–Trinajstić information content (AvgIpc) is 2.98. The van der Waals surface area contributed by atoms with Crippen LogP contribution in [0.2, 0.25) is 0 Å². The van der Waals surface area contributed by atoms with Gasteiger partial charge < -0.3 is 5.32 Å². The maximum atomic E-state index is 12.8. The van der Waals surface area contributed by atoms with Crippen LogP contribution in [-0.2, 0) is 0 Å². The van der Waals surface area contributed by atoms with Gasteiger partial charge in [-0.2, -0.15) is 5.10 Å². The molecule has 0 unspecified atom stereocenters. The number of nitrogens with zero attached hydrogens (tertiary/aromatic N) is 2. The Kier molecular flexibility index (Phi) is 4.98. The van der Waals surface area contributed by atoms with E-state index in [1.165, 1.54) is 0 Å². The van der Waals surface area contributed by atoms with E-state index in [0.29, 0.717) is 23.7 Å². The smallest absolute Gasteiger partial charge is 0.255 e. The molecular weight excluding hydrogens is 310 g/mol. The van der Waals surface area contributed by atoms with Gasteiger partial charge >= 0.3 is 0 Å². The number of rotatable bonds is 5. The number of aromatic nitrogens is 2. The Morgan fingerprint density at radius 2 is 1.64 bits per heavy atom. The first-order valence-corrected chi connectivity index (χ1v) is 8.56. The Hall–Kier alpha value is -2.88. The van der Waals surface area contributed by atoms with E-state index in [0.717, 1.165) is 16.9 Å². The number of benzene rings is 2. The van der Waals surface area contributed by atoms with Gasteiger partial charge in [0.05, 0.1) is 16.9 Å². The molecule has 0 atom stereocenters. The minimum absolute atomic E-state index is 0.0766. The molecule has 1 heterocycles.